The van der Waals surface area contributed by atoms with Crippen LogP contribution in [0.3, 0.4) is 0 Å². The number of Topliss-reactive ketones (excluding diaryl/α,β-unsaturated/α-hetero) is 2. The summed E-state index contributed by atoms with van der Waals surface area (Å²) in [6.07, 6.45) is 0. The van der Waals surface area contributed by atoms with Gasteiger partial charge in [0.05, 0.1) is 0 Å². The molecule has 0 saturated carbocycles. The van der Waals surface area contributed by atoms with Gasteiger partial charge in [0.1, 0.15) is 0 Å². The lowest BCUT2D eigenvalue weighted by Gasteiger charge is -2.18. The summed E-state index contributed by atoms with van der Waals surface area (Å²) >= 11 is 3.55. The predicted octanol–water partition coefficient (Wildman–Crippen LogP) is 6.18. The number of carbonyl (C=O) groups is 2. The molecule has 0 bridgehead atoms. The molecule has 28 heavy (non-hydrogen) atoms. The summed E-state index contributed by atoms with van der Waals surface area (Å²) in [5.41, 5.74) is 3.38. The van der Waals surface area contributed by atoms with Crippen molar-refractivity contribution in [2.75, 3.05) is 0 Å². The summed E-state index contributed by atoms with van der Waals surface area (Å²) < 4.78 is -1.38. The van der Waals surface area contributed by atoms with E-state index in [9.17, 15) is 9.59 Å². The van der Waals surface area contributed by atoms with Crippen LogP contribution in [-0.4, -0.2) is 11.6 Å². The van der Waals surface area contributed by atoms with Crippen LogP contribution < -0.4 is 0 Å². The molecule has 0 amide bonds. The highest BCUT2D eigenvalue weighted by Gasteiger charge is 2.53. The van der Waals surface area contributed by atoms with Gasteiger partial charge in [0.25, 0.3) is 0 Å². The summed E-state index contributed by atoms with van der Waals surface area (Å²) in [7, 11) is 0. The first kappa shape index (κ1) is 17.1. The van der Waals surface area contributed by atoms with Crippen molar-refractivity contribution in [3.63, 3.8) is 0 Å². The minimum atomic E-state index is -1.38. The third-order valence-electron chi connectivity index (χ3n) is 5.38. The van der Waals surface area contributed by atoms with Crippen LogP contribution in [0.25, 0.3) is 21.9 Å². The number of halogens is 1. The predicted molar refractivity (Wildman–Crippen MR) is 115 cm³/mol. The highest BCUT2D eigenvalue weighted by molar-refractivity contribution is 9.10. The van der Waals surface area contributed by atoms with Gasteiger partial charge in [-0.3, -0.25) is 9.59 Å². The van der Waals surface area contributed by atoms with Gasteiger partial charge in [-0.15, -0.1) is 0 Å². The molecule has 134 valence electrons. The van der Waals surface area contributed by atoms with E-state index >= 15 is 0 Å². The van der Waals surface area contributed by atoms with E-state index < -0.39 is 4.32 Å². The second-order valence-corrected chi connectivity index (χ2v) is 8.13. The molecule has 2 nitrogen and oxygen atoms in total. The molecule has 5 rings (SSSR count). The molecular formula is C25H15BrO2. The summed E-state index contributed by atoms with van der Waals surface area (Å²) in [6, 6.07) is 28.8. The van der Waals surface area contributed by atoms with Crippen LogP contribution in [0.5, 0.6) is 0 Å². The van der Waals surface area contributed by atoms with E-state index in [2.05, 4.69) is 15.9 Å². The van der Waals surface area contributed by atoms with Gasteiger partial charge < -0.3 is 0 Å². The maximum absolute atomic E-state index is 13.7. The van der Waals surface area contributed by atoms with Gasteiger partial charge in [-0.1, -0.05) is 101 Å². The van der Waals surface area contributed by atoms with E-state index in [1.54, 1.807) is 0 Å². The molecule has 4 aromatic carbocycles. The minimum Gasteiger partial charge on any atom is -0.292 e. The van der Waals surface area contributed by atoms with Crippen LogP contribution in [0.15, 0.2) is 91.0 Å². The molecule has 0 aromatic heterocycles. The molecule has 1 atom stereocenters. The maximum atomic E-state index is 13.7. The monoisotopic (exact) mass is 426 g/mol. The molecule has 3 heteroatoms. The largest absolute Gasteiger partial charge is 0.292 e. The fourth-order valence-corrected chi connectivity index (χ4v) is 4.73. The van der Waals surface area contributed by atoms with Crippen molar-refractivity contribution in [2.45, 2.75) is 4.32 Å². The quantitative estimate of drug-likeness (QED) is 0.283. The molecule has 0 aliphatic heterocycles. The van der Waals surface area contributed by atoms with Crippen LogP contribution in [0.4, 0.5) is 0 Å². The average Bonchev–Trinajstić information content (AvgIpc) is 2.95. The molecule has 1 unspecified atom stereocenters. The minimum absolute atomic E-state index is 0.205. The fourth-order valence-electron chi connectivity index (χ4n) is 4.06. The van der Waals surface area contributed by atoms with Crippen molar-refractivity contribution < 1.29 is 9.59 Å². The highest BCUT2D eigenvalue weighted by Crippen LogP contribution is 2.49. The number of alkyl halides is 1. The Labute approximate surface area is 171 Å². The summed E-state index contributed by atoms with van der Waals surface area (Å²) in [4.78, 5) is 27.2. The SMILES string of the molecule is O=C1c2cc3ccccc3c(-c3ccccc3)c2C(=O)C1(Br)c1ccccc1. The fraction of sp³-hybridized carbons (Fsp3) is 0.0400. The van der Waals surface area contributed by atoms with E-state index in [4.69, 9.17) is 0 Å². The molecule has 0 N–H and O–H groups in total. The second-order valence-electron chi connectivity index (χ2n) is 6.94. The summed E-state index contributed by atoms with van der Waals surface area (Å²) in [6.45, 7) is 0. The van der Waals surface area contributed by atoms with Crippen LogP contribution in [0, 0.1) is 0 Å². The van der Waals surface area contributed by atoms with Crippen LogP contribution in [0.1, 0.15) is 26.3 Å². The maximum Gasteiger partial charge on any atom is 0.193 e. The Morgan fingerprint density at radius 2 is 1.25 bits per heavy atom. The van der Waals surface area contributed by atoms with E-state index in [0.717, 1.165) is 21.9 Å². The van der Waals surface area contributed by atoms with Gasteiger partial charge >= 0.3 is 0 Å². The van der Waals surface area contributed by atoms with Crippen LogP contribution in [0.2, 0.25) is 0 Å². The Morgan fingerprint density at radius 3 is 1.96 bits per heavy atom. The number of carbonyl (C=O) groups excluding carboxylic acids is 2. The summed E-state index contributed by atoms with van der Waals surface area (Å²) in [5.74, 6) is -0.412. The third kappa shape index (κ3) is 2.26. The highest BCUT2D eigenvalue weighted by atomic mass is 79.9. The Bertz CT molecular complexity index is 1250. The van der Waals surface area contributed by atoms with Crippen molar-refractivity contribution in [3.8, 4) is 11.1 Å². The Balaban J connectivity index is 1.88. The van der Waals surface area contributed by atoms with Gasteiger partial charge in [0.2, 0.25) is 0 Å². The average molecular weight is 427 g/mol. The first-order chi connectivity index (χ1) is 13.6. The molecular weight excluding hydrogens is 412 g/mol. The molecule has 0 radical (unpaired) electrons. The number of benzene rings is 4. The smallest absolute Gasteiger partial charge is 0.193 e. The summed E-state index contributed by atoms with van der Waals surface area (Å²) in [5, 5.41) is 1.92. The van der Waals surface area contributed by atoms with Gasteiger partial charge in [0, 0.05) is 16.7 Å². The standard InChI is InChI=1S/C25H15BrO2/c26-25(18-12-5-2-6-13-18)23(27)20-15-17-11-7-8-14-19(17)21(22(20)24(25)28)16-9-3-1-4-10-16/h1-15H. The Kier molecular flexibility index (Phi) is 3.81. The first-order valence-corrected chi connectivity index (χ1v) is 9.87. The molecule has 4 aromatic rings. The molecule has 0 saturated heterocycles. The van der Waals surface area contributed by atoms with Crippen LogP contribution in [-0.2, 0) is 4.32 Å². The van der Waals surface area contributed by atoms with Crippen molar-refractivity contribution in [1.82, 2.24) is 0 Å². The van der Waals surface area contributed by atoms with Crippen molar-refractivity contribution in [1.29, 1.82) is 0 Å². The topological polar surface area (TPSA) is 34.1 Å². The molecule has 1 aliphatic carbocycles. The molecule has 0 fully saturated rings. The van der Waals surface area contributed by atoms with Crippen molar-refractivity contribution in [3.05, 3.63) is 108 Å². The lowest BCUT2D eigenvalue weighted by Crippen LogP contribution is -2.31. The normalized spacial score (nSPS) is 18.5. The van der Waals surface area contributed by atoms with Gasteiger partial charge in [0.15, 0.2) is 15.9 Å². The lowest BCUT2D eigenvalue weighted by molar-refractivity contribution is 0.0871. The third-order valence-corrected chi connectivity index (χ3v) is 6.56. The first-order valence-electron chi connectivity index (χ1n) is 9.07. The van der Waals surface area contributed by atoms with Crippen molar-refractivity contribution in [2.24, 2.45) is 0 Å². The number of fused-ring (bicyclic) bond motifs is 2. The molecule has 1 aliphatic rings. The number of hydrogen-bond donors (Lipinski definition) is 0. The number of hydrogen-bond acceptors (Lipinski definition) is 2. The Morgan fingerprint density at radius 1 is 0.643 bits per heavy atom. The van der Waals surface area contributed by atoms with E-state index in [0.29, 0.717) is 16.7 Å². The second kappa shape index (κ2) is 6.25. The zero-order valence-corrected chi connectivity index (χ0v) is 16.4. The van der Waals surface area contributed by atoms with Gasteiger partial charge in [-0.05, 0) is 28.0 Å². The van der Waals surface area contributed by atoms with Gasteiger partial charge in [-0.2, -0.15) is 0 Å². The van der Waals surface area contributed by atoms with Crippen molar-refractivity contribution >= 4 is 38.3 Å². The van der Waals surface area contributed by atoms with E-state index in [-0.39, 0.29) is 11.6 Å². The van der Waals surface area contributed by atoms with E-state index in [1.165, 1.54) is 0 Å². The van der Waals surface area contributed by atoms with E-state index in [1.807, 2.05) is 91.0 Å². The zero-order chi connectivity index (χ0) is 19.3. The zero-order valence-electron chi connectivity index (χ0n) is 14.9. The molecule has 0 heterocycles. The number of rotatable bonds is 2. The van der Waals surface area contributed by atoms with Gasteiger partial charge in [-0.25, -0.2) is 0 Å². The van der Waals surface area contributed by atoms with Crippen LogP contribution >= 0.6 is 15.9 Å². The number of ketones is 2. The lowest BCUT2D eigenvalue weighted by atomic mass is 9.89. The molecule has 0 spiro atoms. The Hall–Kier alpha value is -3.04.